The van der Waals surface area contributed by atoms with Gasteiger partial charge >= 0.3 is 57.4 Å². The molecule has 0 bridgehead atoms. The minimum absolute atomic E-state index is 0. The van der Waals surface area contributed by atoms with E-state index < -0.39 is 0 Å². The molecule has 110 valence electrons. The number of unbranched alkanes of at least 4 members (excludes halogenated alkanes) is 9. The molecule has 0 heterocycles. The van der Waals surface area contributed by atoms with E-state index in [9.17, 15) is 4.79 Å². The predicted molar refractivity (Wildman–Crippen MR) is 83.9 cm³/mol. The van der Waals surface area contributed by atoms with Crippen LogP contribution in [0.5, 0.6) is 0 Å². The summed E-state index contributed by atoms with van der Waals surface area (Å²) in [6.45, 7) is 3.52. The van der Waals surface area contributed by atoms with Crippen LogP contribution in [-0.4, -0.2) is 77.6 Å². The standard InChI is InChI=1S/C15H31NO2.K.H/c1-3-4-5-6-7-8-9-10-11-12-13-16-14-15(17)18-2;;/h16H,3-14H2,1-2H3;;. The molecule has 0 aromatic heterocycles. The van der Waals surface area contributed by atoms with Crippen molar-refractivity contribution in [3.05, 3.63) is 0 Å². The molecular formula is C15H32KNO2. The molecule has 4 heteroatoms. The predicted octanol–water partition coefficient (Wildman–Crippen LogP) is 3.02. The van der Waals surface area contributed by atoms with Crippen molar-refractivity contribution in [1.29, 1.82) is 0 Å². The first-order chi connectivity index (χ1) is 8.81. The molecule has 0 radical (unpaired) electrons. The first-order valence-corrected chi connectivity index (χ1v) is 7.58. The van der Waals surface area contributed by atoms with Gasteiger partial charge in [0.25, 0.3) is 0 Å². The zero-order valence-electron chi connectivity index (χ0n) is 12.3. The number of ether oxygens (including phenoxy) is 1. The first-order valence-electron chi connectivity index (χ1n) is 7.58. The molecule has 0 aliphatic heterocycles. The van der Waals surface area contributed by atoms with E-state index in [1.165, 1.54) is 64.9 Å². The molecule has 0 aliphatic rings. The van der Waals surface area contributed by atoms with Gasteiger partial charge in [-0.05, 0) is 13.0 Å². The molecule has 0 saturated heterocycles. The maximum absolute atomic E-state index is 10.8. The third-order valence-electron chi connectivity index (χ3n) is 3.20. The third-order valence-corrected chi connectivity index (χ3v) is 3.20. The number of hydrogen-bond acceptors (Lipinski definition) is 3. The topological polar surface area (TPSA) is 38.3 Å². The summed E-state index contributed by atoms with van der Waals surface area (Å²) in [5, 5.41) is 3.09. The van der Waals surface area contributed by atoms with Crippen molar-refractivity contribution in [1.82, 2.24) is 5.32 Å². The molecule has 0 fully saturated rings. The Bertz CT molecular complexity index is 189. The van der Waals surface area contributed by atoms with Gasteiger partial charge in [-0.1, -0.05) is 64.7 Å². The van der Waals surface area contributed by atoms with E-state index in [-0.39, 0.29) is 57.4 Å². The average Bonchev–Trinajstić information content (AvgIpc) is 2.39. The van der Waals surface area contributed by atoms with Gasteiger partial charge in [-0.2, -0.15) is 0 Å². The summed E-state index contributed by atoms with van der Waals surface area (Å²) in [6, 6.07) is 0. The fourth-order valence-corrected chi connectivity index (χ4v) is 2.00. The van der Waals surface area contributed by atoms with Crippen LogP contribution in [0.25, 0.3) is 0 Å². The number of carbonyl (C=O) groups excluding carboxylic acids is 1. The van der Waals surface area contributed by atoms with E-state index in [1.54, 1.807) is 0 Å². The first kappa shape index (κ1) is 22.3. The number of methoxy groups -OCH3 is 1. The Labute approximate surface area is 162 Å². The van der Waals surface area contributed by atoms with Gasteiger partial charge in [0, 0.05) is 0 Å². The van der Waals surface area contributed by atoms with E-state index in [0.717, 1.165) is 13.0 Å². The van der Waals surface area contributed by atoms with Gasteiger partial charge in [-0.3, -0.25) is 4.79 Å². The Morgan fingerprint density at radius 2 is 1.37 bits per heavy atom. The summed E-state index contributed by atoms with van der Waals surface area (Å²) < 4.78 is 4.55. The molecule has 0 saturated carbocycles. The molecule has 1 N–H and O–H groups in total. The van der Waals surface area contributed by atoms with Gasteiger partial charge in [-0.15, -0.1) is 0 Å². The van der Waals surface area contributed by atoms with Crippen LogP contribution in [0.4, 0.5) is 0 Å². The van der Waals surface area contributed by atoms with Crippen molar-refractivity contribution in [3.8, 4) is 0 Å². The van der Waals surface area contributed by atoms with Crippen molar-refractivity contribution in [2.24, 2.45) is 0 Å². The van der Waals surface area contributed by atoms with Crippen molar-refractivity contribution in [3.63, 3.8) is 0 Å². The molecule has 19 heavy (non-hydrogen) atoms. The quantitative estimate of drug-likeness (QED) is 0.323. The van der Waals surface area contributed by atoms with Gasteiger partial charge in [0.1, 0.15) is 0 Å². The van der Waals surface area contributed by atoms with E-state index in [1.807, 2.05) is 0 Å². The second-order valence-electron chi connectivity index (χ2n) is 4.93. The summed E-state index contributed by atoms with van der Waals surface area (Å²) in [5.41, 5.74) is 0. The molecule has 0 unspecified atom stereocenters. The summed E-state index contributed by atoms with van der Waals surface area (Å²) in [5.74, 6) is -0.179. The average molecular weight is 298 g/mol. The van der Waals surface area contributed by atoms with Gasteiger partial charge in [0.15, 0.2) is 0 Å². The number of esters is 1. The molecule has 0 atom stereocenters. The second kappa shape index (κ2) is 19.1. The SMILES string of the molecule is CCCCCCCCCCCCNCC(=O)OC.[KH]. The maximum atomic E-state index is 10.8. The monoisotopic (exact) mass is 297 g/mol. The van der Waals surface area contributed by atoms with E-state index in [0.29, 0.717) is 6.54 Å². The number of carbonyl (C=O) groups is 1. The molecule has 0 aromatic carbocycles. The summed E-state index contributed by atoms with van der Waals surface area (Å²) in [7, 11) is 1.42. The van der Waals surface area contributed by atoms with Crippen molar-refractivity contribution in [2.75, 3.05) is 20.2 Å². The zero-order chi connectivity index (χ0) is 13.5. The Morgan fingerprint density at radius 1 is 0.895 bits per heavy atom. The number of rotatable bonds is 13. The summed E-state index contributed by atoms with van der Waals surface area (Å²) in [4.78, 5) is 10.8. The molecular weight excluding hydrogens is 265 g/mol. The van der Waals surface area contributed by atoms with Gasteiger partial charge < -0.3 is 10.1 Å². The molecule has 0 amide bonds. The fourth-order valence-electron chi connectivity index (χ4n) is 2.00. The Kier molecular flexibility index (Phi) is 22.4. The van der Waals surface area contributed by atoms with Crippen LogP contribution in [0.15, 0.2) is 0 Å². The number of nitrogens with one attached hydrogen (secondary N) is 1. The molecule has 0 aliphatic carbocycles. The number of hydrogen-bond donors (Lipinski definition) is 1. The minimum atomic E-state index is -0.179. The Morgan fingerprint density at radius 3 is 1.84 bits per heavy atom. The second-order valence-corrected chi connectivity index (χ2v) is 4.93. The van der Waals surface area contributed by atoms with Crippen LogP contribution in [0.3, 0.4) is 0 Å². The van der Waals surface area contributed by atoms with Crippen LogP contribution in [0.1, 0.15) is 71.1 Å². The van der Waals surface area contributed by atoms with Gasteiger partial charge in [0.05, 0.1) is 13.7 Å². The fraction of sp³-hybridized carbons (Fsp3) is 0.933. The van der Waals surface area contributed by atoms with Crippen molar-refractivity contribution in [2.45, 2.75) is 71.1 Å². The molecule has 0 aromatic rings. The van der Waals surface area contributed by atoms with Crippen molar-refractivity contribution < 1.29 is 9.53 Å². The van der Waals surface area contributed by atoms with E-state index in [4.69, 9.17) is 0 Å². The molecule has 3 nitrogen and oxygen atoms in total. The molecule has 0 rings (SSSR count). The van der Waals surface area contributed by atoms with Crippen LogP contribution in [-0.2, 0) is 9.53 Å². The Hall–Kier alpha value is 1.07. The van der Waals surface area contributed by atoms with E-state index in [2.05, 4.69) is 17.0 Å². The van der Waals surface area contributed by atoms with Crippen LogP contribution >= 0.6 is 0 Å². The normalized spacial score (nSPS) is 10.0. The van der Waals surface area contributed by atoms with E-state index >= 15 is 0 Å². The Balaban J connectivity index is 0. The molecule has 0 spiro atoms. The summed E-state index contributed by atoms with van der Waals surface area (Å²) >= 11 is 0. The van der Waals surface area contributed by atoms with Crippen molar-refractivity contribution >= 4 is 57.4 Å². The zero-order valence-corrected chi connectivity index (χ0v) is 12.3. The van der Waals surface area contributed by atoms with Crippen LogP contribution < -0.4 is 5.32 Å². The summed E-state index contributed by atoms with van der Waals surface area (Å²) in [6.07, 6.45) is 13.5. The van der Waals surface area contributed by atoms with Crippen LogP contribution in [0, 0.1) is 0 Å². The van der Waals surface area contributed by atoms with Crippen LogP contribution in [0.2, 0.25) is 0 Å². The third kappa shape index (κ3) is 19.1. The van der Waals surface area contributed by atoms with Gasteiger partial charge in [-0.25, -0.2) is 0 Å². The van der Waals surface area contributed by atoms with Gasteiger partial charge in [0.2, 0.25) is 0 Å².